The van der Waals surface area contributed by atoms with E-state index in [4.69, 9.17) is 0 Å². The molecule has 24 heavy (non-hydrogen) atoms. The predicted molar refractivity (Wildman–Crippen MR) is 102 cm³/mol. The van der Waals surface area contributed by atoms with Gasteiger partial charge in [-0.1, -0.05) is 68.7 Å². The minimum atomic E-state index is -0.335. The summed E-state index contributed by atoms with van der Waals surface area (Å²) in [6.45, 7) is 10.5. The summed E-state index contributed by atoms with van der Waals surface area (Å²) in [7, 11) is 0. The van der Waals surface area contributed by atoms with E-state index in [1.54, 1.807) is 24.3 Å². The summed E-state index contributed by atoms with van der Waals surface area (Å²) < 4.78 is 14.4. The topological polar surface area (TPSA) is 29.1 Å². The van der Waals surface area contributed by atoms with E-state index in [2.05, 4.69) is 42.0 Å². The second-order valence-corrected chi connectivity index (χ2v) is 7.16. The van der Waals surface area contributed by atoms with Crippen molar-refractivity contribution in [1.29, 1.82) is 0 Å². The molecule has 0 bridgehead atoms. The van der Waals surface area contributed by atoms with Crippen LogP contribution in [0.25, 0.3) is 0 Å². The first-order chi connectivity index (χ1) is 11.3. The standard InChI is InChI=1S/C18H19BrFNO.C2H6/c1-18(2,3)14-7-4-12(5-8-14)17(22)21-11-13-6-9-15(19)10-16(13)20;1-2/h4-10H,11H2,1-3H3,(H,21,22);1-2H3. The SMILES string of the molecule is CC.CC(C)(C)c1ccc(C(=O)NCc2ccc(Br)cc2F)cc1. The van der Waals surface area contributed by atoms with Gasteiger partial charge < -0.3 is 5.32 Å². The quantitative estimate of drug-likeness (QED) is 0.696. The second kappa shape index (κ2) is 8.97. The fourth-order valence-corrected chi connectivity index (χ4v) is 2.40. The molecule has 2 aromatic carbocycles. The molecule has 0 saturated heterocycles. The zero-order valence-electron chi connectivity index (χ0n) is 14.9. The maximum absolute atomic E-state index is 13.7. The van der Waals surface area contributed by atoms with Gasteiger partial charge in [-0.05, 0) is 35.2 Å². The lowest BCUT2D eigenvalue weighted by Crippen LogP contribution is -2.23. The van der Waals surface area contributed by atoms with E-state index < -0.39 is 0 Å². The first-order valence-corrected chi connectivity index (χ1v) is 8.89. The number of hydrogen-bond donors (Lipinski definition) is 1. The highest BCUT2D eigenvalue weighted by atomic mass is 79.9. The van der Waals surface area contributed by atoms with Gasteiger partial charge in [0.1, 0.15) is 5.82 Å². The van der Waals surface area contributed by atoms with Crippen molar-refractivity contribution in [2.24, 2.45) is 0 Å². The van der Waals surface area contributed by atoms with Crippen LogP contribution < -0.4 is 5.32 Å². The van der Waals surface area contributed by atoms with Crippen LogP contribution in [0.3, 0.4) is 0 Å². The van der Waals surface area contributed by atoms with Gasteiger partial charge in [0.05, 0.1) is 0 Å². The Morgan fingerprint density at radius 1 is 1.08 bits per heavy atom. The van der Waals surface area contributed by atoms with Gasteiger partial charge in [0.15, 0.2) is 0 Å². The van der Waals surface area contributed by atoms with Crippen LogP contribution in [-0.2, 0) is 12.0 Å². The van der Waals surface area contributed by atoms with Crippen LogP contribution >= 0.6 is 15.9 Å². The first-order valence-electron chi connectivity index (χ1n) is 8.10. The number of carbonyl (C=O) groups excluding carboxylic acids is 1. The van der Waals surface area contributed by atoms with Gasteiger partial charge in [-0.25, -0.2) is 4.39 Å². The third-order valence-corrected chi connectivity index (χ3v) is 3.96. The third-order valence-electron chi connectivity index (χ3n) is 3.47. The van der Waals surface area contributed by atoms with Crippen molar-refractivity contribution in [3.8, 4) is 0 Å². The van der Waals surface area contributed by atoms with Crippen molar-refractivity contribution in [2.75, 3.05) is 0 Å². The Hall–Kier alpha value is -1.68. The van der Waals surface area contributed by atoms with E-state index in [1.807, 2.05) is 26.0 Å². The number of carbonyl (C=O) groups is 1. The number of hydrogen-bond acceptors (Lipinski definition) is 1. The highest BCUT2D eigenvalue weighted by molar-refractivity contribution is 9.10. The molecule has 0 spiro atoms. The smallest absolute Gasteiger partial charge is 0.251 e. The summed E-state index contributed by atoms with van der Waals surface area (Å²) >= 11 is 3.21. The van der Waals surface area contributed by atoms with Gasteiger partial charge >= 0.3 is 0 Å². The molecule has 2 nitrogen and oxygen atoms in total. The predicted octanol–water partition coefficient (Wildman–Crippen LogP) is 5.84. The Bertz CT molecular complexity index is 675. The van der Waals surface area contributed by atoms with Gasteiger partial charge in [-0.15, -0.1) is 0 Å². The van der Waals surface area contributed by atoms with Crippen LogP contribution in [0, 0.1) is 5.82 Å². The average Bonchev–Trinajstić information content (AvgIpc) is 2.55. The summed E-state index contributed by atoms with van der Waals surface area (Å²) in [6.07, 6.45) is 0. The molecule has 0 saturated carbocycles. The van der Waals surface area contributed by atoms with Crippen LogP contribution in [-0.4, -0.2) is 5.91 Å². The molecule has 130 valence electrons. The Morgan fingerprint density at radius 2 is 1.67 bits per heavy atom. The van der Waals surface area contributed by atoms with E-state index in [0.717, 1.165) is 0 Å². The van der Waals surface area contributed by atoms with E-state index in [1.165, 1.54) is 11.6 Å². The Morgan fingerprint density at radius 3 is 2.17 bits per heavy atom. The largest absolute Gasteiger partial charge is 0.348 e. The lowest BCUT2D eigenvalue weighted by molar-refractivity contribution is 0.0950. The molecule has 0 unspecified atom stereocenters. The van der Waals surface area contributed by atoms with E-state index in [0.29, 0.717) is 15.6 Å². The number of halogens is 2. The number of rotatable bonds is 3. The number of amides is 1. The van der Waals surface area contributed by atoms with E-state index in [-0.39, 0.29) is 23.7 Å². The van der Waals surface area contributed by atoms with Gasteiger partial charge in [-0.2, -0.15) is 0 Å². The van der Waals surface area contributed by atoms with Crippen molar-refractivity contribution >= 4 is 21.8 Å². The molecular formula is C20H25BrFNO. The Labute approximate surface area is 152 Å². The average molecular weight is 394 g/mol. The summed E-state index contributed by atoms with van der Waals surface area (Å²) in [5.74, 6) is -0.541. The second-order valence-electron chi connectivity index (χ2n) is 6.25. The van der Waals surface area contributed by atoms with Crippen molar-refractivity contribution in [3.63, 3.8) is 0 Å². The molecule has 2 rings (SSSR count). The zero-order valence-corrected chi connectivity index (χ0v) is 16.5. The highest BCUT2D eigenvalue weighted by Gasteiger charge is 2.14. The molecular weight excluding hydrogens is 369 g/mol. The molecule has 2 aromatic rings. The van der Waals surface area contributed by atoms with Crippen molar-refractivity contribution in [3.05, 3.63) is 69.4 Å². The van der Waals surface area contributed by atoms with E-state index in [9.17, 15) is 9.18 Å². The van der Waals surface area contributed by atoms with Gasteiger partial charge in [-0.3, -0.25) is 4.79 Å². The Balaban J connectivity index is 0.00000139. The minimum absolute atomic E-state index is 0.0512. The lowest BCUT2D eigenvalue weighted by atomic mass is 9.87. The number of benzene rings is 2. The van der Waals surface area contributed by atoms with Crippen LogP contribution in [0.5, 0.6) is 0 Å². The van der Waals surface area contributed by atoms with Crippen LogP contribution in [0.1, 0.15) is 56.1 Å². The van der Waals surface area contributed by atoms with Crippen LogP contribution in [0.2, 0.25) is 0 Å². The molecule has 0 atom stereocenters. The summed E-state index contributed by atoms with van der Waals surface area (Å²) in [4.78, 5) is 12.1. The molecule has 1 N–H and O–H groups in total. The normalized spacial score (nSPS) is 10.6. The minimum Gasteiger partial charge on any atom is -0.348 e. The fourth-order valence-electron chi connectivity index (χ4n) is 2.06. The summed E-state index contributed by atoms with van der Waals surface area (Å²) in [5.41, 5.74) is 2.26. The number of nitrogens with one attached hydrogen (secondary N) is 1. The lowest BCUT2D eigenvalue weighted by Gasteiger charge is -2.19. The molecule has 0 aliphatic carbocycles. The fraction of sp³-hybridized carbons (Fsp3) is 0.350. The summed E-state index contributed by atoms with van der Waals surface area (Å²) in [6, 6.07) is 12.3. The Kier molecular flexibility index (Phi) is 7.61. The molecule has 4 heteroatoms. The molecule has 0 aliphatic heterocycles. The van der Waals surface area contributed by atoms with Crippen LogP contribution in [0.15, 0.2) is 46.9 Å². The molecule has 1 amide bonds. The molecule has 0 fully saturated rings. The van der Waals surface area contributed by atoms with Crippen molar-refractivity contribution in [1.82, 2.24) is 5.32 Å². The monoisotopic (exact) mass is 393 g/mol. The highest BCUT2D eigenvalue weighted by Crippen LogP contribution is 2.22. The maximum atomic E-state index is 13.7. The third kappa shape index (κ3) is 5.75. The van der Waals surface area contributed by atoms with Gasteiger partial charge in [0.25, 0.3) is 5.91 Å². The van der Waals surface area contributed by atoms with Crippen LogP contribution in [0.4, 0.5) is 4.39 Å². The first kappa shape index (κ1) is 20.4. The molecule has 0 aliphatic rings. The van der Waals surface area contributed by atoms with Crippen molar-refractivity contribution < 1.29 is 9.18 Å². The van der Waals surface area contributed by atoms with Gasteiger partial charge in [0.2, 0.25) is 0 Å². The summed E-state index contributed by atoms with van der Waals surface area (Å²) in [5, 5.41) is 2.74. The molecule has 0 aromatic heterocycles. The van der Waals surface area contributed by atoms with Crippen molar-refractivity contribution in [2.45, 2.75) is 46.6 Å². The maximum Gasteiger partial charge on any atom is 0.251 e. The van der Waals surface area contributed by atoms with Gasteiger partial charge in [0, 0.05) is 22.1 Å². The molecule has 0 heterocycles. The van der Waals surface area contributed by atoms with E-state index >= 15 is 0 Å². The molecule has 0 radical (unpaired) electrons. The zero-order chi connectivity index (χ0) is 18.3.